The molecule has 2 rings (SSSR count). The first-order valence-electron chi connectivity index (χ1n) is 7.19. The Morgan fingerprint density at radius 3 is 2.65 bits per heavy atom. The van der Waals surface area contributed by atoms with E-state index in [9.17, 15) is 9.59 Å². The topological polar surface area (TPSA) is 93.2 Å². The van der Waals surface area contributed by atoms with Crippen LogP contribution in [0.1, 0.15) is 24.4 Å². The molecule has 0 spiro atoms. The molecule has 7 nitrogen and oxygen atoms in total. The summed E-state index contributed by atoms with van der Waals surface area (Å²) in [7, 11) is 0. The highest BCUT2D eigenvalue weighted by atomic mass is 32.1. The molecule has 1 heterocycles. The molecule has 23 heavy (non-hydrogen) atoms. The van der Waals surface area contributed by atoms with Crippen LogP contribution >= 0.6 is 11.3 Å². The van der Waals surface area contributed by atoms with Crippen molar-refractivity contribution < 1.29 is 14.3 Å². The largest absolute Gasteiger partial charge is 0.445 e. The number of hydrogen-bond acceptors (Lipinski definition) is 6. The van der Waals surface area contributed by atoms with Crippen LogP contribution < -0.4 is 10.6 Å². The molecule has 0 radical (unpaired) electrons. The Balaban J connectivity index is 1.77. The van der Waals surface area contributed by atoms with Gasteiger partial charge in [0.2, 0.25) is 11.0 Å². The maximum absolute atomic E-state index is 12.0. The van der Waals surface area contributed by atoms with Crippen LogP contribution in [0.3, 0.4) is 0 Å². The van der Waals surface area contributed by atoms with Crippen LogP contribution in [0.2, 0.25) is 0 Å². The van der Waals surface area contributed by atoms with E-state index in [-0.39, 0.29) is 12.5 Å². The maximum atomic E-state index is 12.0. The number of benzene rings is 1. The summed E-state index contributed by atoms with van der Waals surface area (Å²) in [4.78, 5) is 23.7. The first-order valence-corrected chi connectivity index (χ1v) is 8.00. The van der Waals surface area contributed by atoms with Crippen molar-refractivity contribution in [3.63, 3.8) is 0 Å². The minimum atomic E-state index is -0.743. The van der Waals surface area contributed by atoms with Crippen molar-refractivity contribution in [1.82, 2.24) is 15.5 Å². The van der Waals surface area contributed by atoms with Crippen molar-refractivity contribution in [3.05, 3.63) is 40.9 Å². The van der Waals surface area contributed by atoms with E-state index >= 15 is 0 Å². The summed E-state index contributed by atoms with van der Waals surface area (Å²) in [5.41, 5.74) is 0.876. The average molecular weight is 334 g/mol. The van der Waals surface area contributed by atoms with E-state index in [1.54, 1.807) is 6.92 Å². The van der Waals surface area contributed by atoms with Crippen LogP contribution in [0.4, 0.5) is 9.93 Å². The Labute approximate surface area is 138 Å². The predicted molar refractivity (Wildman–Crippen MR) is 87.1 cm³/mol. The van der Waals surface area contributed by atoms with E-state index in [1.165, 1.54) is 11.3 Å². The van der Waals surface area contributed by atoms with Crippen molar-refractivity contribution in [1.29, 1.82) is 0 Å². The molecule has 0 aliphatic carbocycles. The number of carbonyl (C=O) groups is 2. The zero-order chi connectivity index (χ0) is 16.7. The molecular formula is C15H18N4O3S. The summed E-state index contributed by atoms with van der Waals surface area (Å²) in [5, 5.41) is 14.1. The molecular weight excluding hydrogens is 316 g/mol. The lowest BCUT2D eigenvalue weighted by Crippen LogP contribution is -2.41. The fraction of sp³-hybridized carbons (Fsp3) is 0.333. The third-order valence-corrected chi connectivity index (χ3v) is 3.92. The Morgan fingerprint density at radius 1 is 1.26 bits per heavy atom. The van der Waals surface area contributed by atoms with E-state index in [0.29, 0.717) is 5.13 Å². The maximum Gasteiger partial charge on any atom is 0.408 e. The van der Waals surface area contributed by atoms with Gasteiger partial charge in [-0.3, -0.25) is 10.1 Å². The molecule has 1 aromatic carbocycles. The number of ether oxygens (including phenoxy) is 1. The molecule has 122 valence electrons. The number of aromatic nitrogens is 2. The number of aryl methyl sites for hydroxylation is 1. The number of amides is 2. The smallest absolute Gasteiger partial charge is 0.408 e. The Kier molecular flexibility index (Phi) is 6.04. The molecule has 2 aromatic rings. The highest BCUT2D eigenvalue weighted by molar-refractivity contribution is 7.15. The van der Waals surface area contributed by atoms with E-state index in [4.69, 9.17) is 4.74 Å². The third kappa shape index (κ3) is 5.33. The number of nitrogens with one attached hydrogen (secondary N) is 2. The number of hydrogen-bond donors (Lipinski definition) is 2. The first kappa shape index (κ1) is 16.9. The average Bonchev–Trinajstić information content (AvgIpc) is 3.01. The fourth-order valence-electron chi connectivity index (χ4n) is 1.67. The van der Waals surface area contributed by atoms with Gasteiger partial charge in [-0.2, -0.15) is 0 Å². The van der Waals surface area contributed by atoms with Crippen molar-refractivity contribution in [3.8, 4) is 0 Å². The Hall–Kier alpha value is -2.48. The van der Waals surface area contributed by atoms with Gasteiger partial charge >= 0.3 is 6.09 Å². The van der Waals surface area contributed by atoms with Gasteiger partial charge < -0.3 is 10.1 Å². The minimum Gasteiger partial charge on any atom is -0.445 e. The lowest BCUT2D eigenvalue weighted by Gasteiger charge is -2.13. The summed E-state index contributed by atoms with van der Waals surface area (Å²) in [6.07, 6.45) is 0.107. The van der Waals surface area contributed by atoms with Gasteiger partial charge in [-0.15, -0.1) is 10.2 Å². The van der Waals surface area contributed by atoms with Gasteiger partial charge in [-0.05, 0) is 18.9 Å². The van der Waals surface area contributed by atoms with Crippen LogP contribution in [-0.4, -0.2) is 28.2 Å². The molecule has 1 atom stereocenters. The summed E-state index contributed by atoms with van der Waals surface area (Å²) in [6, 6.07) is 8.56. The number of carbonyl (C=O) groups excluding carboxylic acids is 2. The second kappa shape index (κ2) is 8.23. The monoisotopic (exact) mass is 334 g/mol. The second-order valence-corrected chi connectivity index (χ2v) is 5.83. The molecule has 2 N–H and O–H groups in total. The van der Waals surface area contributed by atoms with E-state index in [1.807, 2.05) is 37.3 Å². The van der Waals surface area contributed by atoms with Gasteiger partial charge in [0.25, 0.3) is 0 Å². The SMILES string of the molecule is CCc1nnc(NC(=O)[C@@H](C)NC(=O)OCc2ccccc2)s1. The lowest BCUT2D eigenvalue weighted by molar-refractivity contribution is -0.117. The summed E-state index contributed by atoms with van der Waals surface area (Å²) in [5.74, 6) is -0.375. The molecule has 0 saturated heterocycles. The second-order valence-electron chi connectivity index (χ2n) is 4.77. The molecule has 0 bridgehead atoms. The van der Waals surface area contributed by atoms with Crippen LogP contribution in [0.5, 0.6) is 0 Å². The highest BCUT2D eigenvalue weighted by Crippen LogP contribution is 2.15. The molecule has 0 unspecified atom stereocenters. The van der Waals surface area contributed by atoms with Crippen LogP contribution in [-0.2, 0) is 22.6 Å². The summed E-state index contributed by atoms with van der Waals surface area (Å²) >= 11 is 1.31. The molecule has 0 aliphatic heterocycles. The number of alkyl carbamates (subject to hydrolysis) is 1. The van der Waals surface area contributed by atoms with Crippen LogP contribution in [0.25, 0.3) is 0 Å². The van der Waals surface area contributed by atoms with Crippen LogP contribution in [0.15, 0.2) is 30.3 Å². The van der Waals surface area contributed by atoms with Crippen molar-refractivity contribution in [2.45, 2.75) is 32.9 Å². The number of rotatable bonds is 6. The van der Waals surface area contributed by atoms with Crippen molar-refractivity contribution in [2.75, 3.05) is 5.32 Å². The Bertz CT molecular complexity index is 660. The molecule has 0 fully saturated rings. The summed E-state index contributed by atoms with van der Waals surface area (Å²) < 4.78 is 5.07. The number of anilines is 1. The third-order valence-electron chi connectivity index (χ3n) is 2.94. The van der Waals surface area contributed by atoms with Gasteiger partial charge in [0.15, 0.2) is 0 Å². The van der Waals surface area contributed by atoms with E-state index < -0.39 is 12.1 Å². The van der Waals surface area contributed by atoms with Gasteiger partial charge in [0.05, 0.1) is 0 Å². The van der Waals surface area contributed by atoms with E-state index in [0.717, 1.165) is 17.0 Å². The lowest BCUT2D eigenvalue weighted by atomic mass is 10.2. The van der Waals surface area contributed by atoms with E-state index in [2.05, 4.69) is 20.8 Å². The zero-order valence-electron chi connectivity index (χ0n) is 12.9. The molecule has 8 heteroatoms. The first-order chi connectivity index (χ1) is 11.1. The number of nitrogens with zero attached hydrogens (tertiary/aromatic N) is 2. The highest BCUT2D eigenvalue weighted by Gasteiger charge is 2.18. The zero-order valence-corrected chi connectivity index (χ0v) is 13.7. The fourth-order valence-corrected chi connectivity index (χ4v) is 2.35. The normalized spacial score (nSPS) is 11.6. The van der Waals surface area contributed by atoms with Crippen LogP contribution in [0, 0.1) is 0 Å². The molecule has 2 amide bonds. The molecule has 0 saturated carbocycles. The van der Waals surface area contributed by atoms with Gasteiger partial charge in [0.1, 0.15) is 17.7 Å². The standard InChI is InChI=1S/C15H18N4O3S/c1-3-12-18-19-14(23-12)17-13(20)10(2)16-15(21)22-9-11-7-5-4-6-8-11/h4-8,10H,3,9H2,1-2H3,(H,16,21)(H,17,19,20)/t10-/m1/s1. The van der Waals surface area contributed by atoms with Gasteiger partial charge in [-0.1, -0.05) is 48.6 Å². The molecule has 0 aliphatic rings. The Morgan fingerprint density at radius 2 is 2.00 bits per heavy atom. The minimum absolute atomic E-state index is 0.150. The van der Waals surface area contributed by atoms with Crippen molar-refractivity contribution >= 4 is 28.5 Å². The molecule has 1 aromatic heterocycles. The van der Waals surface area contributed by atoms with Gasteiger partial charge in [-0.25, -0.2) is 4.79 Å². The predicted octanol–water partition coefficient (Wildman–Crippen LogP) is 2.35. The summed E-state index contributed by atoms with van der Waals surface area (Å²) in [6.45, 7) is 3.68. The van der Waals surface area contributed by atoms with Crippen molar-refractivity contribution in [2.24, 2.45) is 0 Å². The quantitative estimate of drug-likeness (QED) is 0.846. The van der Waals surface area contributed by atoms with Gasteiger partial charge in [0, 0.05) is 0 Å².